The first kappa shape index (κ1) is 16.1. The standard InChI is InChI=1S/C18H23N2O2/c1-19-12-7-16(8-13-19)17-9-14-20(15-10-17)11-5-3-2-4-6-18(21)22/h7-10,12-15H,2-6,11H2,1H3/q+1/p+1. The summed E-state index contributed by atoms with van der Waals surface area (Å²) in [6.07, 6.45) is 12.6. The Hall–Kier alpha value is -2.23. The molecule has 0 aliphatic carbocycles. The molecule has 1 N–H and O–H groups in total. The highest BCUT2D eigenvalue weighted by Gasteiger charge is 2.04. The fourth-order valence-corrected chi connectivity index (χ4v) is 2.42. The zero-order valence-electron chi connectivity index (χ0n) is 13.1. The fraction of sp³-hybridized carbons (Fsp3) is 0.389. The normalized spacial score (nSPS) is 10.6. The molecule has 0 saturated heterocycles. The summed E-state index contributed by atoms with van der Waals surface area (Å²) in [5.74, 6) is -0.695. The Morgan fingerprint density at radius 2 is 1.45 bits per heavy atom. The van der Waals surface area contributed by atoms with E-state index in [0.29, 0.717) is 0 Å². The van der Waals surface area contributed by atoms with E-state index in [1.54, 1.807) is 0 Å². The molecule has 0 radical (unpaired) electrons. The molecule has 0 aromatic carbocycles. The van der Waals surface area contributed by atoms with Crippen LogP contribution in [0.15, 0.2) is 49.1 Å². The highest BCUT2D eigenvalue weighted by Crippen LogP contribution is 2.15. The lowest BCUT2D eigenvalue weighted by Gasteiger charge is -2.01. The van der Waals surface area contributed by atoms with Gasteiger partial charge in [-0.3, -0.25) is 4.79 Å². The van der Waals surface area contributed by atoms with Gasteiger partial charge in [-0.25, -0.2) is 9.13 Å². The molecule has 116 valence electrons. The van der Waals surface area contributed by atoms with Crippen LogP contribution in [0.5, 0.6) is 0 Å². The van der Waals surface area contributed by atoms with Gasteiger partial charge in [0.1, 0.15) is 13.6 Å². The number of rotatable bonds is 8. The maximum absolute atomic E-state index is 10.4. The number of carbonyl (C=O) groups is 1. The van der Waals surface area contributed by atoms with Crippen LogP contribution in [0.4, 0.5) is 0 Å². The molecule has 0 unspecified atom stereocenters. The first-order chi connectivity index (χ1) is 10.6. The van der Waals surface area contributed by atoms with E-state index >= 15 is 0 Å². The third kappa shape index (κ3) is 5.28. The van der Waals surface area contributed by atoms with E-state index in [4.69, 9.17) is 5.11 Å². The number of aliphatic carboxylic acids is 1. The second kappa shape index (κ2) is 8.27. The summed E-state index contributed by atoms with van der Waals surface area (Å²) in [5.41, 5.74) is 2.44. The van der Waals surface area contributed by atoms with Gasteiger partial charge in [-0.05, 0) is 24.0 Å². The summed E-state index contributed by atoms with van der Waals surface area (Å²) in [6, 6.07) is 8.50. The van der Waals surface area contributed by atoms with Gasteiger partial charge in [0.15, 0.2) is 24.8 Å². The van der Waals surface area contributed by atoms with Crippen molar-refractivity contribution in [2.75, 3.05) is 0 Å². The average molecular weight is 300 g/mol. The molecular formula is C18H24N2O2+2. The molecule has 4 heteroatoms. The van der Waals surface area contributed by atoms with Gasteiger partial charge in [-0.2, -0.15) is 0 Å². The third-order valence-corrected chi connectivity index (χ3v) is 3.76. The minimum Gasteiger partial charge on any atom is -0.481 e. The monoisotopic (exact) mass is 300 g/mol. The van der Waals surface area contributed by atoms with Crippen molar-refractivity contribution in [1.29, 1.82) is 0 Å². The van der Waals surface area contributed by atoms with Gasteiger partial charge < -0.3 is 5.11 Å². The Balaban J connectivity index is 1.77. The van der Waals surface area contributed by atoms with Crippen LogP contribution in [0.2, 0.25) is 0 Å². The van der Waals surface area contributed by atoms with Crippen LogP contribution >= 0.6 is 0 Å². The van der Waals surface area contributed by atoms with E-state index in [0.717, 1.165) is 32.2 Å². The van der Waals surface area contributed by atoms with Crippen LogP contribution in [0.3, 0.4) is 0 Å². The lowest BCUT2D eigenvalue weighted by molar-refractivity contribution is -0.697. The molecular weight excluding hydrogens is 276 g/mol. The van der Waals surface area contributed by atoms with Gasteiger partial charge >= 0.3 is 5.97 Å². The van der Waals surface area contributed by atoms with Gasteiger partial charge in [0, 0.05) is 37.1 Å². The molecule has 0 bridgehead atoms. The highest BCUT2D eigenvalue weighted by atomic mass is 16.4. The Bertz CT molecular complexity index is 591. The molecule has 2 heterocycles. The van der Waals surface area contributed by atoms with Crippen LogP contribution in [0, 0.1) is 0 Å². The third-order valence-electron chi connectivity index (χ3n) is 3.76. The number of aromatic nitrogens is 2. The topological polar surface area (TPSA) is 45.1 Å². The predicted molar refractivity (Wildman–Crippen MR) is 84.0 cm³/mol. The summed E-state index contributed by atoms with van der Waals surface area (Å²) in [5, 5.41) is 8.58. The van der Waals surface area contributed by atoms with Crippen LogP contribution in [-0.2, 0) is 18.4 Å². The molecule has 2 rings (SSSR count). The van der Waals surface area contributed by atoms with Gasteiger partial charge in [-0.15, -0.1) is 0 Å². The number of hydrogen-bond donors (Lipinski definition) is 1. The molecule has 2 aromatic heterocycles. The summed E-state index contributed by atoms with van der Waals surface area (Å²) >= 11 is 0. The van der Waals surface area contributed by atoms with Crippen molar-refractivity contribution in [1.82, 2.24) is 0 Å². The van der Waals surface area contributed by atoms with Crippen molar-refractivity contribution in [3.63, 3.8) is 0 Å². The van der Waals surface area contributed by atoms with Gasteiger partial charge in [0.25, 0.3) is 0 Å². The van der Waals surface area contributed by atoms with Crippen LogP contribution in [0.1, 0.15) is 32.1 Å². The van der Waals surface area contributed by atoms with Crippen molar-refractivity contribution >= 4 is 5.97 Å². The number of unbranched alkanes of at least 4 members (excludes halogenated alkanes) is 3. The van der Waals surface area contributed by atoms with E-state index in [-0.39, 0.29) is 6.42 Å². The van der Waals surface area contributed by atoms with E-state index in [2.05, 4.69) is 41.2 Å². The van der Waals surface area contributed by atoms with E-state index in [1.165, 1.54) is 11.1 Å². The maximum Gasteiger partial charge on any atom is 0.303 e. The van der Waals surface area contributed by atoms with Crippen LogP contribution < -0.4 is 9.13 Å². The molecule has 0 saturated carbocycles. The average Bonchev–Trinajstić information content (AvgIpc) is 2.52. The Morgan fingerprint density at radius 3 is 2.05 bits per heavy atom. The first-order valence-electron chi connectivity index (χ1n) is 7.82. The van der Waals surface area contributed by atoms with E-state index in [1.807, 2.05) is 24.0 Å². The van der Waals surface area contributed by atoms with Crippen molar-refractivity contribution in [3.05, 3.63) is 49.1 Å². The zero-order valence-corrected chi connectivity index (χ0v) is 13.1. The van der Waals surface area contributed by atoms with Crippen molar-refractivity contribution in [2.45, 2.75) is 38.6 Å². The Labute approximate surface area is 131 Å². The number of carboxylic acid groups (broad SMARTS) is 1. The minimum atomic E-state index is -0.695. The maximum atomic E-state index is 10.4. The summed E-state index contributed by atoms with van der Waals surface area (Å²) in [7, 11) is 2.01. The number of hydrogen-bond acceptors (Lipinski definition) is 1. The molecule has 4 nitrogen and oxygen atoms in total. The second-order valence-corrected chi connectivity index (χ2v) is 5.63. The van der Waals surface area contributed by atoms with Crippen LogP contribution in [-0.4, -0.2) is 11.1 Å². The van der Waals surface area contributed by atoms with Gasteiger partial charge in [-0.1, -0.05) is 6.42 Å². The van der Waals surface area contributed by atoms with Crippen molar-refractivity contribution in [3.8, 4) is 11.1 Å². The quantitative estimate of drug-likeness (QED) is 0.601. The Morgan fingerprint density at radius 1 is 0.909 bits per heavy atom. The largest absolute Gasteiger partial charge is 0.481 e. The van der Waals surface area contributed by atoms with E-state index < -0.39 is 5.97 Å². The zero-order chi connectivity index (χ0) is 15.8. The SMILES string of the molecule is C[n+]1ccc(-c2cc[n+](CCCCCCC(=O)O)cc2)cc1. The van der Waals surface area contributed by atoms with Gasteiger partial charge in [0.2, 0.25) is 0 Å². The molecule has 0 atom stereocenters. The molecule has 2 aromatic rings. The molecule has 0 aliphatic rings. The van der Waals surface area contributed by atoms with E-state index in [9.17, 15) is 4.79 Å². The van der Waals surface area contributed by atoms with Crippen LogP contribution in [0.25, 0.3) is 11.1 Å². The molecule has 0 amide bonds. The summed E-state index contributed by atoms with van der Waals surface area (Å²) in [4.78, 5) is 10.4. The first-order valence-corrected chi connectivity index (χ1v) is 7.82. The molecule has 0 aliphatic heterocycles. The smallest absolute Gasteiger partial charge is 0.303 e. The highest BCUT2D eigenvalue weighted by molar-refractivity contribution is 5.66. The predicted octanol–water partition coefficient (Wildman–Crippen LogP) is 2.50. The molecule has 22 heavy (non-hydrogen) atoms. The number of carboxylic acids is 1. The summed E-state index contributed by atoms with van der Waals surface area (Å²) < 4.78 is 4.21. The molecule has 0 fully saturated rings. The Kier molecular flexibility index (Phi) is 6.07. The number of aryl methyl sites for hydroxylation is 2. The number of pyridine rings is 2. The summed E-state index contributed by atoms with van der Waals surface area (Å²) in [6.45, 7) is 0.983. The lowest BCUT2D eigenvalue weighted by atomic mass is 10.1. The molecule has 0 spiro atoms. The fourth-order valence-electron chi connectivity index (χ4n) is 2.42. The second-order valence-electron chi connectivity index (χ2n) is 5.63. The lowest BCUT2D eigenvalue weighted by Crippen LogP contribution is -2.32. The minimum absolute atomic E-state index is 0.288. The van der Waals surface area contributed by atoms with Gasteiger partial charge in [0.05, 0.1) is 0 Å². The van der Waals surface area contributed by atoms with Crippen molar-refractivity contribution in [2.24, 2.45) is 7.05 Å². The number of nitrogens with zero attached hydrogens (tertiary/aromatic N) is 2. The van der Waals surface area contributed by atoms with Crippen molar-refractivity contribution < 1.29 is 19.0 Å².